The second-order valence-electron chi connectivity index (χ2n) is 13.2. The zero-order valence-corrected chi connectivity index (χ0v) is 26.9. The van der Waals surface area contributed by atoms with Crippen LogP contribution in [0.15, 0.2) is 60.3 Å². The van der Waals surface area contributed by atoms with E-state index in [1.807, 2.05) is 56.4 Å². The van der Waals surface area contributed by atoms with Gasteiger partial charge in [0.1, 0.15) is 11.7 Å². The van der Waals surface area contributed by atoms with E-state index >= 15 is 0 Å². The molecule has 43 heavy (non-hydrogen) atoms. The van der Waals surface area contributed by atoms with Gasteiger partial charge in [-0.15, -0.1) is 0 Å². The van der Waals surface area contributed by atoms with Gasteiger partial charge in [0.2, 0.25) is 0 Å². The van der Waals surface area contributed by atoms with Crippen LogP contribution in [0.5, 0.6) is 0 Å². The van der Waals surface area contributed by atoms with Crippen LogP contribution in [0, 0.1) is 5.92 Å². The molecule has 3 heterocycles. The van der Waals surface area contributed by atoms with E-state index in [0.29, 0.717) is 13.1 Å². The van der Waals surface area contributed by atoms with Crippen LogP contribution in [0.3, 0.4) is 0 Å². The number of carbonyl (C=O) groups excluding carboxylic acids is 2. The molecule has 238 valence electrons. The Labute approximate surface area is 257 Å². The highest BCUT2D eigenvalue weighted by Gasteiger charge is 2.37. The van der Waals surface area contributed by atoms with Gasteiger partial charge in [-0.1, -0.05) is 44.2 Å². The first-order valence-electron chi connectivity index (χ1n) is 15.4. The topological polar surface area (TPSA) is 112 Å². The van der Waals surface area contributed by atoms with Crippen molar-refractivity contribution < 1.29 is 29.3 Å². The number of esters is 1. The van der Waals surface area contributed by atoms with Crippen molar-refractivity contribution in [3.8, 4) is 0 Å². The van der Waals surface area contributed by atoms with E-state index < -0.39 is 36.0 Å². The fourth-order valence-electron chi connectivity index (χ4n) is 5.41. The minimum atomic E-state index is -1.45. The van der Waals surface area contributed by atoms with E-state index in [2.05, 4.69) is 37.6 Å². The van der Waals surface area contributed by atoms with E-state index in [4.69, 9.17) is 9.47 Å². The molecule has 1 amide bonds. The van der Waals surface area contributed by atoms with Crippen LogP contribution < -0.4 is 0 Å². The number of nitrogens with zero attached hydrogens (tertiary/aromatic N) is 3. The number of hydrogen-bond acceptors (Lipinski definition) is 8. The second-order valence-corrected chi connectivity index (χ2v) is 13.2. The van der Waals surface area contributed by atoms with Crippen LogP contribution in [-0.4, -0.2) is 92.7 Å². The maximum Gasteiger partial charge on any atom is 0.410 e. The Morgan fingerprint density at radius 3 is 2.53 bits per heavy atom. The lowest BCUT2D eigenvalue weighted by Gasteiger charge is -2.42. The van der Waals surface area contributed by atoms with Crippen LogP contribution >= 0.6 is 0 Å². The summed E-state index contributed by atoms with van der Waals surface area (Å²) < 4.78 is 11.8. The van der Waals surface area contributed by atoms with Gasteiger partial charge in [-0.25, -0.2) is 4.79 Å². The molecule has 0 spiro atoms. The third kappa shape index (κ3) is 10.3. The lowest BCUT2D eigenvalue weighted by Crippen LogP contribution is -2.55. The number of hydrogen-bond donors (Lipinski definition) is 2. The van der Waals surface area contributed by atoms with Crippen molar-refractivity contribution in [2.24, 2.45) is 5.92 Å². The molecule has 0 aromatic carbocycles. The van der Waals surface area contributed by atoms with Crippen molar-refractivity contribution in [3.63, 3.8) is 0 Å². The molecule has 0 bridgehead atoms. The van der Waals surface area contributed by atoms with Gasteiger partial charge in [-0.05, 0) is 71.2 Å². The molecule has 1 fully saturated rings. The Balaban J connectivity index is 1.79. The molecular formula is C34H51N3O6. The summed E-state index contributed by atoms with van der Waals surface area (Å²) in [5.41, 5.74) is 0.343. The molecule has 2 aliphatic rings. The predicted octanol–water partition coefficient (Wildman–Crippen LogP) is 5.01. The summed E-state index contributed by atoms with van der Waals surface area (Å²) >= 11 is 0. The molecule has 6 atom stereocenters. The number of aliphatic hydroxyl groups excluding tert-OH is 1. The summed E-state index contributed by atoms with van der Waals surface area (Å²) in [4.78, 5) is 34.4. The molecule has 1 aromatic rings. The highest BCUT2D eigenvalue weighted by Crippen LogP contribution is 2.28. The van der Waals surface area contributed by atoms with Crippen LogP contribution in [0.4, 0.5) is 4.79 Å². The Kier molecular flexibility index (Phi) is 12.1. The maximum absolute atomic E-state index is 13.2. The smallest absolute Gasteiger partial charge is 0.410 e. The highest BCUT2D eigenvalue weighted by molar-refractivity contribution is 5.70. The summed E-state index contributed by atoms with van der Waals surface area (Å²) in [6.07, 6.45) is 8.22. The number of aliphatic hydroxyl groups is 2. The largest absolute Gasteiger partial charge is 0.457 e. The molecule has 0 radical (unpaired) electrons. The van der Waals surface area contributed by atoms with Crippen molar-refractivity contribution in [2.45, 2.75) is 103 Å². The van der Waals surface area contributed by atoms with Gasteiger partial charge in [-0.3, -0.25) is 14.7 Å². The van der Waals surface area contributed by atoms with E-state index in [0.717, 1.165) is 24.4 Å². The zero-order chi connectivity index (χ0) is 31.8. The number of carbonyl (C=O) groups is 2. The third-order valence-electron chi connectivity index (χ3n) is 8.40. The first kappa shape index (κ1) is 34.5. The van der Waals surface area contributed by atoms with Crippen molar-refractivity contribution in [1.82, 2.24) is 14.8 Å². The molecule has 3 rings (SSSR count). The van der Waals surface area contributed by atoms with Crippen molar-refractivity contribution in [1.29, 1.82) is 0 Å². The molecule has 2 N–H and O–H groups in total. The van der Waals surface area contributed by atoms with Gasteiger partial charge >= 0.3 is 12.1 Å². The second kappa shape index (κ2) is 15.1. The molecule has 0 unspecified atom stereocenters. The number of allylic oxidation sites excluding steroid dienone is 3. The zero-order valence-electron chi connectivity index (χ0n) is 26.9. The highest BCUT2D eigenvalue weighted by atomic mass is 16.6. The van der Waals surface area contributed by atoms with Crippen LogP contribution in [0.1, 0.15) is 79.3 Å². The predicted molar refractivity (Wildman–Crippen MR) is 167 cm³/mol. The SMILES string of the molecule is C/C(=C\C=C\[C@@H](C)c1ccccn1)[C@H]1OC(=O)C[C@H](O)CC[C@@](C)(O)[C@@H](OC(=O)N2CCN(C(C)(C)C)CC2)/C=C/[C@@H]1C. The third-order valence-corrected chi connectivity index (χ3v) is 8.40. The van der Waals surface area contributed by atoms with E-state index in [9.17, 15) is 19.8 Å². The van der Waals surface area contributed by atoms with E-state index in [1.54, 1.807) is 24.1 Å². The standard InChI is InChI=1S/C34H51N3O6/c1-24(28-13-8-9-18-35-28)11-10-12-25(2)31-26(3)14-15-29(34(7,41)17-16-27(38)23-30(39)43-31)42-32(40)36-19-21-37(22-20-36)33(4,5)6/h8-15,18,24,26-27,29,31,38,41H,16-17,19-23H2,1-7H3/b11-10+,15-14+,25-12+/t24-,26+,27-,29+,31-,34-/m1/s1. The van der Waals surface area contributed by atoms with Gasteiger partial charge in [0.05, 0.1) is 12.5 Å². The Morgan fingerprint density at radius 1 is 1.21 bits per heavy atom. The molecule has 2 aliphatic heterocycles. The summed E-state index contributed by atoms with van der Waals surface area (Å²) in [7, 11) is 0. The summed E-state index contributed by atoms with van der Waals surface area (Å²) in [5.74, 6) is -0.703. The first-order chi connectivity index (χ1) is 20.2. The minimum absolute atomic E-state index is 0.0204. The molecular weight excluding hydrogens is 546 g/mol. The Bertz CT molecular complexity index is 1150. The van der Waals surface area contributed by atoms with Crippen molar-refractivity contribution in [2.75, 3.05) is 26.2 Å². The van der Waals surface area contributed by atoms with E-state index in [1.165, 1.54) is 0 Å². The van der Waals surface area contributed by atoms with Gasteiger partial charge in [0, 0.05) is 55.4 Å². The number of amides is 1. The van der Waals surface area contributed by atoms with Gasteiger partial charge in [-0.2, -0.15) is 0 Å². The molecule has 0 aliphatic carbocycles. The number of piperazine rings is 1. The lowest BCUT2D eigenvalue weighted by atomic mass is 9.88. The minimum Gasteiger partial charge on any atom is -0.457 e. The van der Waals surface area contributed by atoms with E-state index in [-0.39, 0.29) is 36.6 Å². The summed E-state index contributed by atoms with van der Waals surface area (Å²) in [6.45, 7) is 16.5. The molecule has 0 saturated carbocycles. The first-order valence-corrected chi connectivity index (χ1v) is 15.4. The number of ether oxygens (including phenoxy) is 2. The Hall–Kier alpha value is -3.01. The average molecular weight is 598 g/mol. The number of aromatic nitrogens is 1. The monoisotopic (exact) mass is 597 g/mol. The molecule has 9 nitrogen and oxygen atoms in total. The normalized spacial score (nSPS) is 30.2. The fourth-order valence-corrected chi connectivity index (χ4v) is 5.41. The summed E-state index contributed by atoms with van der Waals surface area (Å²) in [5, 5.41) is 22.0. The maximum atomic E-state index is 13.2. The lowest BCUT2D eigenvalue weighted by molar-refractivity contribution is -0.151. The van der Waals surface area contributed by atoms with Gasteiger partial charge < -0.3 is 24.6 Å². The number of cyclic esters (lactones) is 1. The summed E-state index contributed by atoms with van der Waals surface area (Å²) in [6, 6.07) is 5.81. The number of pyridine rings is 1. The van der Waals surface area contributed by atoms with Crippen molar-refractivity contribution >= 4 is 12.1 Å². The Morgan fingerprint density at radius 2 is 1.91 bits per heavy atom. The van der Waals surface area contributed by atoms with Crippen LogP contribution in [0.25, 0.3) is 0 Å². The molecule has 1 saturated heterocycles. The van der Waals surface area contributed by atoms with Crippen molar-refractivity contribution in [3.05, 3.63) is 66.0 Å². The van der Waals surface area contributed by atoms with Gasteiger partial charge in [0.15, 0.2) is 6.10 Å². The molecule has 1 aromatic heterocycles. The number of rotatable bonds is 5. The van der Waals surface area contributed by atoms with Gasteiger partial charge in [0.25, 0.3) is 0 Å². The van der Waals surface area contributed by atoms with Crippen LogP contribution in [0.2, 0.25) is 0 Å². The van der Waals surface area contributed by atoms with Crippen LogP contribution in [-0.2, 0) is 14.3 Å². The molecule has 9 heteroatoms. The average Bonchev–Trinajstić information content (AvgIpc) is 2.96. The fraction of sp³-hybridized carbons (Fsp3) is 0.618. The quantitative estimate of drug-likeness (QED) is 0.277.